The van der Waals surface area contributed by atoms with Crippen molar-refractivity contribution < 1.29 is 9.59 Å². The Bertz CT molecular complexity index is 590. The van der Waals surface area contributed by atoms with Crippen LogP contribution in [0.1, 0.15) is 33.5 Å². The van der Waals surface area contributed by atoms with Crippen molar-refractivity contribution in [3.05, 3.63) is 40.7 Å². The lowest BCUT2D eigenvalue weighted by Crippen LogP contribution is -2.12. The van der Waals surface area contributed by atoms with Crippen LogP contribution in [0.4, 0.5) is 5.13 Å². The number of amides is 1. The van der Waals surface area contributed by atoms with Gasteiger partial charge in [-0.2, -0.15) is 0 Å². The minimum atomic E-state index is -0.285. The predicted octanol–water partition coefficient (Wildman–Crippen LogP) is 2.30. The van der Waals surface area contributed by atoms with Crippen LogP contribution in [0.5, 0.6) is 0 Å². The summed E-state index contributed by atoms with van der Waals surface area (Å²) in [6.45, 7) is 3.28. The fourth-order valence-corrected chi connectivity index (χ4v) is 2.01. The molecule has 2 rings (SSSR count). The summed E-state index contributed by atoms with van der Waals surface area (Å²) in [5, 5.41) is 4.65. The van der Waals surface area contributed by atoms with Crippen molar-refractivity contribution in [1.82, 2.24) is 9.97 Å². The number of aromatic nitrogens is 2. The number of hydrogen-bond acceptors (Lipinski definition) is 5. The number of anilines is 1. The Morgan fingerprint density at radius 3 is 2.67 bits per heavy atom. The molecule has 0 aliphatic heterocycles. The Morgan fingerprint density at radius 1 is 1.33 bits per heavy atom. The number of hydrogen-bond donors (Lipinski definition) is 1. The summed E-state index contributed by atoms with van der Waals surface area (Å²) in [5.41, 5.74) is 1.66. The second kappa shape index (κ2) is 5.05. The SMILES string of the molecule is CC(=O)c1csc(NC(=O)c2ccc(C)nc2)n1. The van der Waals surface area contributed by atoms with Crippen LogP contribution in [0.3, 0.4) is 0 Å². The molecule has 18 heavy (non-hydrogen) atoms. The van der Waals surface area contributed by atoms with Crippen LogP contribution in [-0.2, 0) is 0 Å². The Hall–Kier alpha value is -2.08. The van der Waals surface area contributed by atoms with Gasteiger partial charge in [-0.05, 0) is 19.1 Å². The molecule has 0 bridgehead atoms. The fraction of sp³-hybridized carbons (Fsp3) is 0.167. The average molecular weight is 261 g/mol. The van der Waals surface area contributed by atoms with E-state index in [1.165, 1.54) is 24.5 Å². The van der Waals surface area contributed by atoms with Gasteiger partial charge in [0.25, 0.3) is 5.91 Å². The lowest BCUT2D eigenvalue weighted by molar-refractivity contribution is 0.100. The van der Waals surface area contributed by atoms with E-state index in [9.17, 15) is 9.59 Å². The number of nitrogens with one attached hydrogen (secondary N) is 1. The van der Waals surface area contributed by atoms with Gasteiger partial charge in [0.2, 0.25) is 0 Å². The first-order valence-corrected chi connectivity index (χ1v) is 6.14. The van der Waals surface area contributed by atoms with E-state index in [2.05, 4.69) is 15.3 Å². The quantitative estimate of drug-likeness (QED) is 0.860. The third-order valence-corrected chi connectivity index (χ3v) is 3.02. The predicted molar refractivity (Wildman–Crippen MR) is 69.0 cm³/mol. The third kappa shape index (κ3) is 2.78. The number of rotatable bonds is 3. The molecule has 0 saturated carbocycles. The highest BCUT2D eigenvalue weighted by Gasteiger charge is 2.10. The van der Waals surface area contributed by atoms with Gasteiger partial charge in [-0.3, -0.25) is 19.9 Å². The zero-order chi connectivity index (χ0) is 13.1. The van der Waals surface area contributed by atoms with Gasteiger partial charge >= 0.3 is 0 Å². The van der Waals surface area contributed by atoms with Crippen LogP contribution < -0.4 is 5.32 Å². The number of aryl methyl sites for hydroxylation is 1. The molecular weight excluding hydrogens is 250 g/mol. The minimum Gasteiger partial charge on any atom is -0.298 e. The first-order valence-electron chi connectivity index (χ1n) is 5.27. The molecule has 0 aliphatic carbocycles. The number of thiazole rings is 1. The van der Waals surface area contributed by atoms with E-state index in [0.29, 0.717) is 16.4 Å². The van der Waals surface area contributed by atoms with Gasteiger partial charge in [0.05, 0.1) is 5.56 Å². The van der Waals surface area contributed by atoms with Crippen molar-refractivity contribution in [3.8, 4) is 0 Å². The first kappa shape index (κ1) is 12.4. The molecule has 5 nitrogen and oxygen atoms in total. The maximum Gasteiger partial charge on any atom is 0.259 e. The molecule has 2 heterocycles. The van der Waals surface area contributed by atoms with Crippen LogP contribution in [0, 0.1) is 6.92 Å². The molecular formula is C12H11N3O2S. The van der Waals surface area contributed by atoms with Gasteiger partial charge in [-0.15, -0.1) is 11.3 Å². The van der Waals surface area contributed by atoms with Crippen molar-refractivity contribution in [2.45, 2.75) is 13.8 Å². The molecule has 0 spiro atoms. The van der Waals surface area contributed by atoms with Gasteiger partial charge in [0, 0.05) is 24.2 Å². The lowest BCUT2D eigenvalue weighted by atomic mass is 10.2. The second-order valence-electron chi connectivity index (χ2n) is 3.74. The van der Waals surface area contributed by atoms with Gasteiger partial charge < -0.3 is 0 Å². The second-order valence-corrected chi connectivity index (χ2v) is 4.59. The van der Waals surface area contributed by atoms with Crippen molar-refractivity contribution in [1.29, 1.82) is 0 Å². The Morgan fingerprint density at radius 2 is 2.11 bits per heavy atom. The molecule has 0 aliphatic rings. The van der Waals surface area contributed by atoms with Crippen molar-refractivity contribution >= 4 is 28.2 Å². The minimum absolute atomic E-state index is 0.122. The summed E-state index contributed by atoms with van der Waals surface area (Å²) in [6, 6.07) is 3.45. The molecule has 1 amide bonds. The number of carbonyl (C=O) groups is 2. The maximum absolute atomic E-state index is 11.8. The molecule has 2 aromatic heterocycles. The monoisotopic (exact) mass is 261 g/mol. The summed E-state index contributed by atoms with van der Waals surface area (Å²) in [5.74, 6) is -0.407. The first-order chi connectivity index (χ1) is 8.56. The number of Topliss-reactive ketones (excluding diaryl/α,β-unsaturated/α-hetero) is 1. The van der Waals surface area contributed by atoms with Crippen LogP contribution in [0.25, 0.3) is 0 Å². The summed E-state index contributed by atoms with van der Waals surface area (Å²) in [4.78, 5) is 31.0. The molecule has 0 unspecified atom stereocenters. The smallest absolute Gasteiger partial charge is 0.259 e. The van der Waals surface area contributed by atoms with E-state index in [1.807, 2.05) is 6.92 Å². The molecule has 0 fully saturated rings. The highest BCUT2D eigenvalue weighted by Crippen LogP contribution is 2.16. The fourth-order valence-electron chi connectivity index (χ4n) is 1.26. The van der Waals surface area contributed by atoms with E-state index in [4.69, 9.17) is 0 Å². The number of ketones is 1. The Balaban J connectivity index is 2.11. The van der Waals surface area contributed by atoms with Crippen molar-refractivity contribution in [2.75, 3.05) is 5.32 Å². The highest BCUT2D eigenvalue weighted by molar-refractivity contribution is 7.14. The summed E-state index contributed by atoms with van der Waals surface area (Å²) in [7, 11) is 0. The lowest BCUT2D eigenvalue weighted by Gasteiger charge is -2.01. The largest absolute Gasteiger partial charge is 0.298 e. The van der Waals surface area contributed by atoms with E-state index in [-0.39, 0.29) is 11.7 Å². The summed E-state index contributed by atoms with van der Waals surface area (Å²) >= 11 is 1.22. The van der Waals surface area contributed by atoms with Crippen LogP contribution in [-0.4, -0.2) is 21.7 Å². The third-order valence-electron chi connectivity index (χ3n) is 2.26. The van der Waals surface area contributed by atoms with Gasteiger partial charge in [0.1, 0.15) is 5.69 Å². The number of pyridine rings is 1. The van der Waals surface area contributed by atoms with Crippen LogP contribution >= 0.6 is 11.3 Å². The van der Waals surface area contributed by atoms with Crippen LogP contribution in [0.2, 0.25) is 0 Å². The molecule has 0 atom stereocenters. The van der Waals surface area contributed by atoms with E-state index in [1.54, 1.807) is 17.5 Å². The standard InChI is InChI=1S/C12H11N3O2S/c1-7-3-4-9(5-13-7)11(17)15-12-14-10(6-18-12)8(2)16/h3-6H,1-2H3,(H,14,15,17). The normalized spacial score (nSPS) is 10.1. The molecule has 0 saturated heterocycles. The zero-order valence-electron chi connectivity index (χ0n) is 9.93. The van der Waals surface area contributed by atoms with Crippen LogP contribution in [0.15, 0.2) is 23.7 Å². The Labute approximate surface area is 108 Å². The maximum atomic E-state index is 11.8. The van der Waals surface area contributed by atoms with E-state index < -0.39 is 0 Å². The van der Waals surface area contributed by atoms with E-state index in [0.717, 1.165) is 5.69 Å². The Kier molecular flexibility index (Phi) is 3.47. The van der Waals surface area contributed by atoms with Gasteiger partial charge in [0.15, 0.2) is 10.9 Å². The number of nitrogens with zero attached hydrogens (tertiary/aromatic N) is 2. The average Bonchev–Trinajstić information content (AvgIpc) is 2.78. The zero-order valence-corrected chi connectivity index (χ0v) is 10.7. The summed E-state index contributed by atoms with van der Waals surface area (Å²) in [6.07, 6.45) is 1.50. The topological polar surface area (TPSA) is 72.0 Å². The van der Waals surface area contributed by atoms with Crippen molar-refractivity contribution in [2.24, 2.45) is 0 Å². The molecule has 0 radical (unpaired) electrons. The highest BCUT2D eigenvalue weighted by atomic mass is 32.1. The van der Waals surface area contributed by atoms with Gasteiger partial charge in [-0.25, -0.2) is 4.98 Å². The van der Waals surface area contributed by atoms with E-state index >= 15 is 0 Å². The molecule has 6 heteroatoms. The molecule has 0 aromatic carbocycles. The summed E-state index contributed by atoms with van der Waals surface area (Å²) < 4.78 is 0. The molecule has 1 N–H and O–H groups in total. The van der Waals surface area contributed by atoms with Crippen molar-refractivity contribution in [3.63, 3.8) is 0 Å². The molecule has 92 valence electrons. The molecule has 2 aromatic rings. The number of carbonyl (C=O) groups excluding carboxylic acids is 2. The van der Waals surface area contributed by atoms with Gasteiger partial charge in [-0.1, -0.05) is 0 Å².